The van der Waals surface area contributed by atoms with E-state index in [0.717, 1.165) is 6.54 Å². The van der Waals surface area contributed by atoms with Crippen molar-refractivity contribution in [2.45, 2.75) is 6.10 Å². The maximum absolute atomic E-state index is 11.0. The van der Waals surface area contributed by atoms with Crippen LogP contribution in [0.5, 0.6) is 0 Å². The Bertz CT molecular complexity index is 482. The number of nitrogens with one attached hydrogen (secondary N) is 1. The molecule has 1 atom stereocenters. The molecule has 1 aromatic rings. The van der Waals surface area contributed by atoms with E-state index < -0.39 is 16.6 Å². The van der Waals surface area contributed by atoms with Crippen LogP contribution in [0.2, 0.25) is 0 Å². The number of carboxylic acid groups (broad SMARTS) is 1. The zero-order valence-electron chi connectivity index (χ0n) is 9.46. The molecule has 0 aromatic heterocycles. The van der Waals surface area contributed by atoms with Crippen molar-refractivity contribution in [2.24, 2.45) is 0 Å². The molecule has 1 unspecified atom stereocenters. The maximum atomic E-state index is 11.0. The molecule has 1 fully saturated rings. The Balaban J connectivity index is 2.36. The average molecular weight is 252 g/mol. The van der Waals surface area contributed by atoms with E-state index in [-0.39, 0.29) is 11.7 Å². The van der Waals surface area contributed by atoms with Gasteiger partial charge in [0.1, 0.15) is 5.56 Å². The number of hydrogen-bond donors (Lipinski definition) is 2. The lowest BCUT2D eigenvalue weighted by Crippen LogP contribution is -2.33. The van der Waals surface area contributed by atoms with Crippen molar-refractivity contribution in [1.82, 2.24) is 5.32 Å². The van der Waals surface area contributed by atoms with Gasteiger partial charge in [-0.15, -0.1) is 0 Å². The fourth-order valence-electron chi connectivity index (χ4n) is 1.86. The largest absolute Gasteiger partial charge is 0.477 e. The molecule has 1 saturated heterocycles. The summed E-state index contributed by atoms with van der Waals surface area (Å²) in [5.41, 5.74) is -0.0908. The summed E-state index contributed by atoms with van der Waals surface area (Å²) in [5.74, 6) is -1.31. The van der Waals surface area contributed by atoms with Gasteiger partial charge >= 0.3 is 5.97 Å². The highest BCUT2D eigenvalue weighted by Crippen LogP contribution is 2.25. The molecule has 0 amide bonds. The predicted molar refractivity (Wildman–Crippen MR) is 61.6 cm³/mol. The van der Waals surface area contributed by atoms with Gasteiger partial charge in [0.2, 0.25) is 0 Å². The molecule has 0 bridgehead atoms. The van der Waals surface area contributed by atoms with Crippen molar-refractivity contribution in [1.29, 1.82) is 0 Å². The minimum atomic E-state index is -1.31. The third kappa shape index (κ3) is 2.47. The van der Waals surface area contributed by atoms with Gasteiger partial charge < -0.3 is 15.2 Å². The summed E-state index contributed by atoms with van der Waals surface area (Å²) in [6, 6.07) is 4.04. The number of ether oxygens (including phenoxy) is 1. The number of morpholine rings is 1. The minimum Gasteiger partial charge on any atom is -0.477 e. The number of carboxylic acids is 1. The van der Waals surface area contributed by atoms with E-state index in [1.807, 2.05) is 0 Å². The van der Waals surface area contributed by atoms with Crippen molar-refractivity contribution in [2.75, 3.05) is 19.7 Å². The van der Waals surface area contributed by atoms with Gasteiger partial charge in [-0.2, -0.15) is 0 Å². The second kappa shape index (κ2) is 5.11. The molecule has 0 radical (unpaired) electrons. The predicted octanol–water partition coefficient (Wildman–Crippen LogP) is 0.954. The Morgan fingerprint density at radius 2 is 2.33 bits per heavy atom. The molecular formula is C11H12N2O5. The summed E-state index contributed by atoms with van der Waals surface area (Å²) in [4.78, 5) is 21.0. The summed E-state index contributed by atoms with van der Waals surface area (Å²) in [5, 5.41) is 22.8. The lowest BCUT2D eigenvalue weighted by Gasteiger charge is -2.24. The van der Waals surface area contributed by atoms with Gasteiger partial charge in [0.15, 0.2) is 0 Å². The normalized spacial score (nSPS) is 19.4. The molecule has 7 heteroatoms. The molecule has 2 rings (SSSR count). The summed E-state index contributed by atoms with van der Waals surface area (Å²) >= 11 is 0. The van der Waals surface area contributed by atoms with E-state index in [0.29, 0.717) is 18.7 Å². The molecule has 1 aromatic carbocycles. The summed E-state index contributed by atoms with van der Waals surface area (Å²) in [7, 11) is 0. The third-order valence-electron chi connectivity index (χ3n) is 2.75. The first-order chi connectivity index (χ1) is 8.59. The monoisotopic (exact) mass is 252 g/mol. The van der Waals surface area contributed by atoms with Crippen LogP contribution in [0.25, 0.3) is 0 Å². The van der Waals surface area contributed by atoms with Crippen LogP contribution in [0.1, 0.15) is 22.0 Å². The van der Waals surface area contributed by atoms with E-state index in [9.17, 15) is 14.9 Å². The summed E-state index contributed by atoms with van der Waals surface area (Å²) < 4.78 is 5.47. The first-order valence-electron chi connectivity index (χ1n) is 5.43. The molecule has 0 saturated carbocycles. The van der Waals surface area contributed by atoms with E-state index in [1.54, 1.807) is 0 Å². The Hall–Kier alpha value is -1.99. The Morgan fingerprint density at radius 3 is 2.89 bits per heavy atom. The zero-order chi connectivity index (χ0) is 13.1. The van der Waals surface area contributed by atoms with E-state index in [1.165, 1.54) is 18.2 Å². The minimum absolute atomic E-state index is 0.266. The molecule has 1 aliphatic rings. The summed E-state index contributed by atoms with van der Waals surface area (Å²) in [6.45, 7) is 1.84. The third-order valence-corrected chi connectivity index (χ3v) is 2.75. The molecule has 0 aliphatic carbocycles. The quantitative estimate of drug-likeness (QED) is 0.613. The smallest absolute Gasteiger partial charge is 0.342 e. The van der Waals surface area contributed by atoms with Gasteiger partial charge in [0.25, 0.3) is 5.69 Å². The molecule has 1 heterocycles. The van der Waals surface area contributed by atoms with Crippen LogP contribution in [0.15, 0.2) is 18.2 Å². The van der Waals surface area contributed by atoms with Crippen molar-refractivity contribution in [3.05, 3.63) is 39.4 Å². The first kappa shape index (κ1) is 12.5. The molecular weight excluding hydrogens is 240 g/mol. The van der Waals surface area contributed by atoms with Gasteiger partial charge in [-0.25, -0.2) is 4.79 Å². The lowest BCUT2D eigenvalue weighted by molar-refractivity contribution is -0.385. The van der Waals surface area contributed by atoms with Gasteiger partial charge in [-0.3, -0.25) is 10.1 Å². The lowest BCUT2D eigenvalue weighted by atomic mass is 10.0. The van der Waals surface area contributed by atoms with Crippen LogP contribution in [0.3, 0.4) is 0 Å². The van der Waals surface area contributed by atoms with E-state index >= 15 is 0 Å². The number of benzene rings is 1. The van der Waals surface area contributed by atoms with Crippen LogP contribution >= 0.6 is 0 Å². The van der Waals surface area contributed by atoms with Crippen LogP contribution in [-0.4, -0.2) is 35.7 Å². The average Bonchev–Trinajstić information content (AvgIpc) is 2.39. The van der Waals surface area contributed by atoms with Gasteiger partial charge in [-0.1, -0.05) is 0 Å². The second-order valence-electron chi connectivity index (χ2n) is 3.90. The highest BCUT2D eigenvalue weighted by Gasteiger charge is 2.23. The second-order valence-corrected chi connectivity index (χ2v) is 3.90. The molecule has 2 N–H and O–H groups in total. The topological polar surface area (TPSA) is 102 Å². The molecule has 1 aliphatic heterocycles. The molecule has 18 heavy (non-hydrogen) atoms. The number of nitro benzene ring substituents is 1. The fraction of sp³-hybridized carbons (Fsp3) is 0.364. The van der Waals surface area contributed by atoms with Gasteiger partial charge in [0.05, 0.1) is 17.6 Å². The molecule has 0 spiro atoms. The maximum Gasteiger partial charge on any atom is 0.342 e. The number of aromatic carboxylic acids is 1. The molecule has 96 valence electrons. The highest BCUT2D eigenvalue weighted by molar-refractivity contribution is 5.92. The number of hydrogen-bond acceptors (Lipinski definition) is 5. The van der Waals surface area contributed by atoms with Crippen LogP contribution in [0, 0.1) is 10.1 Å². The number of nitrogens with zero attached hydrogens (tertiary/aromatic N) is 1. The Morgan fingerprint density at radius 1 is 1.56 bits per heavy atom. The highest BCUT2D eigenvalue weighted by atomic mass is 16.6. The Kier molecular flexibility index (Phi) is 3.54. The van der Waals surface area contributed by atoms with Crippen LogP contribution in [-0.2, 0) is 4.74 Å². The van der Waals surface area contributed by atoms with Crippen molar-refractivity contribution in [3.63, 3.8) is 0 Å². The number of carbonyl (C=O) groups is 1. The zero-order valence-corrected chi connectivity index (χ0v) is 9.46. The van der Waals surface area contributed by atoms with Gasteiger partial charge in [0, 0.05) is 19.2 Å². The first-order valence-corrected chi connectivity index (χ1v) is 5.43. The SMILES string of the molecule is O=C(O)c1cc(C2CNCCO2)ccc1[N+](=O)[O-]. The number of rotatable bonds is 3. The van der Waals surface area contributed by atoms with Crippen molar-refractivity contribution in [3.8, 4) is 0 Å². The van der Waals surface area contributed by atoms with Crippen LogP contribution < -0.4 is 5.32 Å². The van der Waals surface area contributed by atoms with Crippen molar-refractivity contribution >= 4 is 11.7 Å². The van der Waals surface area contributed by atoms with E-state index in [4.69, 9.17) is 9.84 Å². The van der Waals surface area contributed by atoms with Crippen molar-refractivity contribution < 1.29 is 19.6 Å². The molecule has 7 nitrogen and oxygen atoms in total. The van der Waals surface area contributed by atoms with E-state index in [2.05, 4.69) is 5.32 Å². The fourth-order valence-corrected chi connectivity index (χ4v) is 1.86. The van der Waals surface area contributed by atoms with Gasteiger partial charge in [-0.05, 0) is 17.7 Å². The standard InChI is InChI=1S/C11H12N2O5/c14-11(15)8-5-7(1-2-9(8)13(16)17)10-6-12-3-4-18-10/h1-2,5,10,12H,3-4,6H2,(H,14,15). The Labute approximate surface area is 103 Å². The number of nitro groups is 1. The van der Waals surface area contributed by atoms with Crippen LogP contribution in [0.4, 0.5) is 5.69 Å². The summed E-state index contributed by atoms with van der Waals surface area (Å²) in [6.07, 6.45) is -0.266.